The number of rotatable bonds is 14. The predicted molar refractivity (Wildman–Crippen MR) is 214 cm³/mol. The quantitative estimate of drug-likeness (QED) is 0.215. The van der Waals surface area contributed by atoms with Crippen molar-refractivity contribution < 1.29 is 55.0 Å². The number of cyclic esters (lactones) is 2. The maximum Gasteiger partial charge on any atom is 0.416 e. The molecule has 0 aromatic heterocycles. The lowest BCUT2D eigenvalue weighted by Gasteiger charge is -2.21. The minimum absolute atomic E-state index is 0.0167. The number of carbonyl (C=O) groups excluding carboxylic acids is 4. The number of benzene rings is 2. The molecule has 0 radical (unpaired) electrons. The van der Waals surface area contributed by atoms with Crippen LogP contribution in [0.25, 0.3) is 0 Å². The summed E-state index contributed by atoms with van der Waals surface area (Å²) in [5.74, 6) is -1.25. The molecule has 14 nitrogen and oxygen atoms in total. The third-order valence-corrected chi connectivity index (χ3v) is 15.1. The van der Waals surface area contributed by atoms with Crippen LogP contribution in [0.1, 0.15) is 53.4 Å². The van der Waals surface area contributed by atoms with Crippen molar-refractivity contribution in [2.24, 2.45) is 23.7 Å². The van der Waals surface area contributed by atoms with Gasteiger partial charge < -0.3 is 18.9 Å². The molecule has 4 heterocycles. The van der Waals surface area contributed by atoms with Gasteiger partial charge in [0.25, 0.3) is 0 Å². The summed E-state index contributed by atoms with van der Waals surface area (Å²) in [6.07, 6.45) is 2.14. The molecule has 16 heteroatoms. The Bertz CT molecular complexity index is 1880. The fourth-order valence-electron chi connectivity index (χ4n) is 8.25. The zero-order valence-electron chi connectivity index (χ0n) is 33.4. The molecule has 4 amide bonds. The average Bonchev–Trinajstić information content (AvgIpc) is 3.90. The van der Waals surface area contributed by atoms with Crippen LogP contribution in [0.3, 0.4) is 0 Å². The normalized spacial score (nSPS) is 29.7. The van der Waals surface area contributed by atoms with Crippen molar-refractivity contribution in [3.8, 4) is 0 Å². The molecule has 0 saturated carbocycles. The van der Waals surface area contributed by atoms with Crippen molar-refractivity contribution in [2.75, 3.05) is 24.6 Å². The Morgan fingerprint density at radius 1 is 0.638 bits per heavy atom. The Balaban J connectivity index is 0.000000221. The van der Waals surface area contributed by atoms with Gasteiger partial charge in [-0.3, -0.25) is 9.59 Å². The van der Waals surface area contributed by atoms with Crippen LogP contribution in [0.2, 0.25) is 0 Å². The van der Waals surface area contributed by atoms with Crippen LogP contribution >= 0.6 is 0 Å². The van der Waals surface area contributed by atoms with Gasteiger partial charge in [-0.25, -0.2) is 36.2 Å². The largest absolute Gasteiger partial charge is 0.444 e. The second-order valence-electron chi connectivity index (χ2n) is 15.5. The third-order valence-electron chi connectivity index (χ3n) is 11.5. The number of imide groups is 2. The maximum atomic E-state index is 12.9. The van der Waals surface area contributed by atoms with Gasteiger partial charge >= 0.3 is 12.2 Å². The maximum absolute atomic E-state index is 12.9. The number of amides is 4. The molecule has 316 valence electrons. The SMILES string of the molecule is C=CC[C@@H]1O[C@H](C[C@H]2CN(C(C)=O)C(=O)O2)[C@H](C)[C@H]1CS(=O)(=O)c1ccccc1.C=CC[C@@H]1O[C@H](C[C@H]2CN(C(C)=O)C(=O)O2)[C@H](C)[C@H]1CS(=O)(=O)c1ccccc1. The van der Waals surface area contributed by atoms with E-state index in [0.717, 1.165) is 9.80 Å². The summed E-state index contributed by atoms with van der Waals surface area (Å²) in [4.78, 5) is 49.4. The number of nitrogens with zero attached hydrogens (tertiary/aromatic N) is 2. The average molecular weight is 843 g/mol. The molecular formula is C42H54N2O12S2. The molecule has 4 aliphatic rings. The van der Waals surface area contributed by atoms with Crippen molar-refractivity contribution in [1.29, 1.82) is 0 Å². The molecule has 0 spiro atoms. The highest BCUT2D eigenvalue weighted by molar-refractivity contribution is 7.91. The van der Waals surface area contributed by atoms with Crippen molar-refractivity contribution in [3.05, 3.63) is 86.0 Å². The highest BCUT2D eigenvalue weighted by Gasteiger charge is 2.47. The van der Waals surface area contributed by atoms with Crippen molar-refractivity contribution >= 4 is 43.7 Å². The van der Waals surface area contributed by atoms with Gasteiger partial charge in [0.15, 0.2) is 19.7 Å². The molecule has 10 atom stereocenters. The van der Waals surface area contributed by atoms with Crippen molar-refractivity contribution in [1.82, 2.24) is 9.80 Å². The van der Waals surface area contributed by atoms with E-state index in [1.165, 1.54) is 13.8 Å². The van der Waals surface area contributed by atoms with Crippen molar-refractivity contribution in [2.45, 2.75) is 99.8 Å². The van der Waals surface area contributed by atoms with Gasteiger partial charge in [0.05, 0.1) is 58.8 Å². The van der Waals surface area contributed by atoms with E-state index in [-0.39, 0.29) is 84.5 Å². The summed E-state index contributed by atoms with van der Waals surface area (Å²) in [6.45, 7) is 14.5. The Labute approximate surface area is 341 Å². The third kappa shape index (κ3) is 10.6. The van der Waals surface area contributed by atoms with Gasteiger partial charge in [0, 0.05) is 38.5 Å². The molecule has 4 aliphatic heterocycles. The van der Waals surface area contributed by atoms with Crippen LogP contribution in [0.4, 0.5) is 9.59 Å². The Kier molecular flexibility index (Phi) is 14.7. The molecule has 2 aromatic rings. The minimum Gasteiger partial charge on any atom is -0.444 e. The first kappa shape index (κ1) is 44.7. The highest BCUT2D eigenvalue weighted by Crippen LogP contribution is 2.40. The fourth-order valence-corrected chi connectivity index (χ4v) is 11.8. The molecule has 0 N–H and O–H groups in total. The second-order valence-corrected chi connectivity index (χ2v) is 19.5. The van der Waals surface area contributed by atoms with E-state index in [0.29, 0.717) is 35.5 Å². The Morgan fingerprint density at radius 2 is 0.983 bits per heavy atom. The number of sulfone groups is 2. The molecule has 4 fully saturated rings. The van der Waals surface area contributed by atoms with Gasteiger partial charge in [-0.2, -0.15) is 0 Å². The molecule has 0 unspecified atom stereocenters. The van der Waals surface area contributed by atoms with Gasteiger partial charge in [-0.1, -0.05) is 62.4 Å². The van der Waals surface area contributed by atoms with E-state index in [1.807, 2.05) is 13.8 Å². The first-order chi connectivity index (χ1) is 27.4. The monoisotopic (exact) mass is 842 g/mol. The summed E-state index contributed by atoms with van der Waals surface area (Å²) >= 11 is 0. The highest BCUT2D eigenvalue weighted by atomic mass is 32.2. The summed E-state index contributed by atoms with van der Waals surface area (Å²) in [6, 6.07) is 16.8. The summed E-state index contributed by atoms with van der Waals surface area (Å²) in [5, 5.41) is 0. The van der Waals surface area contributed by atoms with Gasteiger partial charge in [0.2, 0.25) is 11.8 Å². The van der Waals surface area contributed by atoms with E-state index >= 15 is 0 Å². The summed E-state index contributed by atoms with van der Waals surface area (Å²) < 4.78 is 74.5. The van der Waals surface area contributed by atoms with E-state index < -0.39 is 44.1 Å². The van der Waals surface area contributed by atoms with Gasteiger partial charge in [-0.15, -0.1) is 13.2 Å². The smallest absolute Gasteiger partial charge is 0.416 e. The van der Waals surface area contributed by atoms with Crippen LogP contribution in [-0.2, 0) is 48.2 Å². The summed E-state index contributed by atoms with van der Waals surface area (Å²) in [5.41, 5.74) is 0. The van der Waals surface area contributed by atoms with Crippen LogP contribution in [0.15, 0.2) is 95.8 Å². The lowest BCUT2D eigenvalue weighted by Crippen LogP contribution is -2.31. The van der Waals surface area contributed by atoms with Gasteiger partial charge in [-0.05, 0) is 48.9 Å². The zero-order chi connectivity index (χ0) is 42.4. The Hall–Kier alpha value is -4.38. The number of ether oxygens (including phenoxy) is 4. The molecule has 6 rings (SSSR count). The number of hydrogen-bond donors (Lipinski definition) is 0. The first-order valence-electron chi connectivity index (χ1n) is 19.5. The molecule has 0 bridgehead atoms. The second kappa shape index (κ2) is 19.1. The molecule has 58 heavy (non-hydrogen) atoms. The minimum atomic E-state index is -3.46. The van der Waals surface area contributed by atoms with Crippen LogP contribution in [0.5, 0.6) is 0 Å². The van der Waals surface area contributed by atoms with Crippen molar-refractivity contribution in [3.63, 3.8) is 0 Å². The van der Waals surface area contributed by atoms with E-state index in [2.05, 4.69) is 13.2 Å². The molecule has 0 aliphatic carbocycles. The lowest BCUT2D eigenvalue weighted by atomic mass is 9.87. The van der Waals surface area contributed by atoms with Crippen LogP contribution < -0.4 is 0 Å². The van der Waals surface area contributed by atoms with Crippen LogP contribution in [-0.4, -0.2) is 112 Å². The van der Waals surface area contributed by atoms with E-state index in [9.17, 15) is 36.0 Å². The number of carbonyl (C=O) groups is 4. The van der Waals surface area contributed by atoms with E-state index in [4.69, 9.17) is 18.9 Å². The summed E-state index contributed by atoms with van der Waals surface area (Å²) in [7, 11) is -6.92. The predicted octanol–water partition coefficient (Wildman–Crippen LogP) is 5.63. The standard InChI is InChI=1S/2C21H27NO6S/c2*1-4-8-19-18(13-29(25,26)17-9-6-5-7-10-17)14(2)20(28-19)11-16-12-22(15(3)23)21(24)27-16/h2*4-7,9-10,14,16,18-20H,1,8,11-13H2,2-3H3/t2*14-,16+,18-,19+,20-/m11/s1. The van der Waals surface area contributed by atoms with Gasteiger partial charge in [0.1, 0.15) is 12.2 Å². The molecule has 2 aromatic carbocycles. The molecule has 4 saturated heterocycles. The lowest BCUT2D eigenvalue weighted by molar-refractivity contribution is -0.126. The topological polar surface area (TPSA) is 180 Å². The fraction of sp³-hybridized carbons (Fsp3) is 0.524. The Morgan fingerprint density at radius 3 is 1.28 bits per heavy atom. The number of hydrogen-bond acceptors (Lipinski definition) is 12. The zero-order valence-corrected chi connectivity index (χ0v) is 35.0. The van der Waals surface area contributed by atoms with E-state index in [1.54, 1.807) is 72.8 Å². The first-order valence-corrected chi connectivity index (χ1v) is 22.8. The molecular weight excluding hydrogens is 789 g/mol. The van der Waals surface area contributed by atoms with Crippen LogP contribution in [0, 0.1) is 23.7 Å².